The third-order valence-electron chi connectivity index (χ3n) is 4.99. The van der Waals surface area contributed by atoms with E-state index in [4.69, 9.17) is 4.98 Å². The molecule has 29 heavy (non-hydrogen) atoms. The quantitative estimate of drug-likeness (QED) is 0.394. The maximum Gasteiger partial charge on any atom is 0.138 e. The minimum atomic E-state index is 0.775. The summed E-state index contributed by atoms with van der Waals surface area (Å²) in [6.45, 7) is 2.12. The van der Waals surface area contributed by atoms with E-state index in [9.17, 15) is 0 Å². The molecule has 0 amide bonds. The lowest BCUT2D eigenvalue weighted by molar-refractivity contribution is 1.09. The minimum Gasteiger partial charge on any atom is -0.338 e. The Balaban J connectivity index is 1.53. The molecule has 6 heterocycles. The number of rotatable bonds is 3. The van der Waals surface area contributed by atoms with Crippen molar-refractivity contribution in [3.8, 4) is 33.1 Å². The molecule has 0 spiro atoms. The summed E-state index contributed by atoms with van der Waals surface area (Å²) >= 11 is 1.78. The third kappa shape index (κ3) is 2.57. The van der Waals surface area contributed by atoms with Gasteiger partial charge >= 0.3 is 0 Å². The molecule has 0 aliphatic carbocycles. The molecular weight excluding hydrogens is 382 g/mol. The summed E-state index contributed by atoms with van der Waals surface area (Å²) in [5.41, 5.74) is 7.14. The zero-order valence-electron chi connectivity index (χ0n) is 15.4. The summed E-state index contributed by atoms with van der Waals surface area (Å²) in [5, 5.41) is 15.5. The molecule has 140 valence electrons. The van der Waals surface area contributed by atoms with Crippen LogP contribution in [0.1, 0.15) is 4.88 Å². The van der Waals surface area contributed by atoms with Gasteiger partial charge in [0.05, 0.1) is 23.1 Å². The van der Waals surface area contributed by atoms with E-state index in [0.717, 1.165) is 44.7 Å². The number of aryl methyl sites for hydroxylation is 1. The first-order valence-electron chi connectivity index (χ1n) is 9.15. The van der Waals surface area contributed by atoms with E-state index >= 15 is 0 Å². The molecule has 6 rings (SSSR count). The predicted octanol–water partition coefficient (Wildman–Crippen LogP) is 4.93. The van der Waals surface area contributed by atoms with Gasteiger partial charge in [-0.05, 0) is 43.3 Å². The Morgan fingerprint density at radius 2 is 2.03 bits per heavy atom. The highest BCUT2D eigenvalue weighted by Gasteiger charge is 2.16. The topological polar surface area (TPSA) is 98.9 Å². The summed E-state index contributed by atoms with van der Waals surface area (Å²) < 4.78 is 0. The van der Waals surface area contributed by atoms with E-state index < -0.39 is 0 Å². The van der Waals surface area contributed by atoms with E-state index in [1.807, 2.05) is 24.5 Å². The van der Waals surface area contributed by atoms with Crippen LogP contribution in [0.15, 0.2) is 55.0 Å². The Labute approximate surface area is 168 Å². The molecule has 3 N–H and O–H groups in total. The van der Waals surface area contributed by atoms with Crippen molar-refractivity contribution >= 4 is 33.4 Å². The van der Waals surface area contributed by atoms with Gasteiger partial charge in [-0.25, -0.2) is 9.97 Å². The first-order valence-corrected chi connectivity index (χ1v) is 9.97. The summed E-state index contributed by atoms with van der Waals surface area (Å²) in [4.78, 5) is 15.3. The van der Waals surface area contributed by atoms with E-state index in [2.05, 4.69) is 61.6 Å². The van der Waals surface area contributed by atoms with E-state index in [0.29, 0.717) is 0 Å². The van der Waals surface area contributed by atoms with Crippen LogP contribution in [0.4, 0.5) is 0 Å². The Hall–Kier alpha value is -3.78. The molecule has 0 bridgehead atoms. The summed E-state index contributed by atoms with van der Waals surface area (Å²) in [5.74, 6) is 0. The Bertz CT molecular complexity index is 1470. The van der Waals surface area contributed by atoms with E-state index in [1.165, 1.54) is 15.3 Å². The smallest absolute Gasteiger partial charge is 0.138 e. The summed E-state index contributed by atoms with van der Waals surface area (Å²) in [6, 6.07) is 12.4. The van der Waals surface area contributed by atoms with Crippen molar-refractivity contribution in [2.45, 2.75) is 6.92 Å². The van der Waals surface area contributed by atoms with Crippen molar-refractivity contribution in [3.05, 3.63) is 59.9 Å². The molecule has 0 fully saturated rings. The molecule has 0 aliphatic rings. The monoisotopic (exact) mass is 397 g/mol. The fourth-order valence-electron chi connectivity index (χ4n) is 3.59. The number of thiophene rings is 1. The number of hydrogen-bond acceptors (Lipinski definition) is 5. The van der Waals surface area contributed by atoms with Crippen LogP contribution < -0.4 is 0 Å². The first-order chi connectivity index (χ1) is 14.3. The molecule has 6 aromatic heterocycles. The molecule has 6 aromatic rings. The highest BCUT2D eigenvalue weighted by Crippen LogP contribution is 2.35. The lowest BCUT2D eigenvalue weighted by atomic mass is 10.1. The molecule has 0 radical (unpaired) electrons. The molecular formula is C21H15N7S. The minimum absolute atomic E-state index is 0.775. The molecule has 0 aromatic carbocycles. The number of hydrogen-bond donors (Lipinski definition) is 3. The predicted molar refractivity (Wildman–Crippen MR) is 115 cm³/mol. The molecule has 0 atom stereocenters. The maximum atomic E-state index is 4.82. The first kappa shape index (κ1) is 16.2. The second kappa shape index (κ2) is 6.11. The van der Waals surface area contributed by atoms with Crippen LogP contribution in [0, 0.1) is 6.92 Å². The van der Waals surface area contributed by atoms with Crippen LogP contribution in [0.2, 0.25) is 0 Å². The number of nitrogens with one attached hydrogen (secondary N) is 3. The average molecular weight is 397 g/mol. The van der Waals surface area contributed by atoms with Gasteiger partial charge in [-0.3, -0.25) is 10.2 Å². The molecule has 8 heteroatoms. The van der Waals surface area contributed by atoms with Crippen molar-refractivity contribution in [1.29, 1.82) is 0 Å². The van der Waals surface area contributed by atoms with E-state index in [-0.39, 0.29) is 0 Å². The highest BCUT2D eigenvalue weighted by atomic mass is 32.1. The number of nitrogens with zero attached hydrogens (tertiary/aromatic N) is 4. The highest BCUT2D eigenvalue weighted by molar-refractivity contribution is 7.15. The van der Waals surface area contributed by atoms with Gasteiger partial charge in [-0.1, -0.05) is 0 Å². The van der Waals surface area contributed by atoms with Gasteiger partial charge in [0.25, 0.3) is 0 Å². The molecule has 0 saturated heterocycles. The van der Waals surface area contributed by atoms with Crippen LogP contribution in [0.25, 0.3) is 55.2 Å². The van der Waals surface area contributed by atoms with Gasteiger partial charge in [0.1, 0.15) is 16.9 Å². The number of aromatic amines is 3. The maximum absolute atomic E-state index is 4.82. The van der Waals surface area contributed by atoms with Crippen molar-refractivity contribution < 1.29 is 0 Å². The fraction of sp³-hybridized carbons (Fsp3) is 0.0476. The third-order valence-corrected chi connectivity index (χ3v) is 6.03. The number of fused-ring (bicyclic) bond motifs is 2. The van der Waals surface area contributed by atoms with Gasteiger partial charge in [0, 0.05) is 38.7 Å². The van der Waals surface area contributed by atoms with Crippen molar-refractivity contribution in [3.63, 3.8) is 0 Å². The second-order valence-corrected chi connectivity index (χ2v) is 8.15. The molecule has 0 aliphatic heterocycles. The van der Waals surface area contributed by atoms with Gasteiger partial charge in [-0.2, -0.15) is 10.2 Å². The largest absolute Gasteiger partial charge is 0.338 e. The second-order valence-electron chi connectivity index (χ2n) is 6.87. The summed E-state index contributed by atoms with van der Waals surface area (Å²) in [6.07, 6.45) is 5.43. The van der Waals surface area contributed by atoms with Crippen LogP contribution >= 0.6 is 11.3 Å². The molecule has 7 nitrogen and oxygen atoms in total. The standard InChI is InChI=1S/C21H15N7S/c1-11-2-5-18(29-11)13-6-7-22-21-14(13)8-17(26-21)20-19-16(27-28-20)4-3-15(25-19)12-9-23-24-10-12/h2-10H,1H3,(H,22,26)(H,23,24)(H,27,28). The number of H-pyrrole nitrogens is 3. The molecule has 0 unspecified atom stereocenters. The lowest BCUT2D eigenvalue weighted by Gasteiger charge is -1.98. The van der Waals surface area contributed by atoms with Crippen molar-refractivity contribution in [2.24, 2.45) is 0 Å². The average Bonchev–Trinajstić information content (AvgIpc) is 3.51. The Kier molecular flexibility index (Phi) is 3.41. The number of aromatic nitrogens is 7. The summed E-state index contributed by atoms with van der Waals surface area (Å²) in [7, 11) is 0. The van der Waals surface area contributed by atoms with Crippen LogP contribution in [-0.2, 0) is 0 Å². The SMILES string of the molecule is Cc1ccc(-c2ccnc3[nH]c(-c4n[nH]c5ccc(-c6cn[nH]c6)nc45)cc23)s1. The Morgan fingerprint density at radius 1 is 1.07 bits per heavy atom. The van der Waals surface area contributed by atoms with Crippen LogP contribution in [0.3, 0.4) is 0 Å². The van der Waals surface area contributed by atoms with Crippen LogP contribution in [0.5, 0.6) is 0 Å². The zero-order valence-corrected chi connectivity index (χ0v) is 16.2. The van der Waals surface area contributed by atoms with Gasteiger partial charge in [0.2, 0.25) is 0 Å². The van der Waals surface area contributed by atoms with Gasteiger partial charge in [0.15, 0.2) is 0 Å². The van der Waals surface area contributed by atoms with Gasteiger partial charge < -0.3 is 4.98 Å². The van der Waals surface area contributed by atoms with Crippen molar-refractivity contribution in [2.75, 3.05) is 0 Å². The normalized spacial score (nSPS) is 11.6. The zero-order chi connectivity index (χ0) is 19.4. The van der Waals surface area contributed by atoms with Crippen molar-refractivity contribution in [1.82, 2.24) is 35.3 Å². The Morgan fingerprint density at radius 3 is 2.86 bits per heavy atom. The number of pyridine rings is 2. The molecule has 0 saturated carbocycles. The fourth-order valence-corrected chi connectivity index (χ4v) is 4.49. The lowest BCUT2D eigenvalue weighted by Crippen LogP contribution is -1.84. The van der Waals surface area contributed by atoms with Gasteiger partial charge in [-0.15, -0.1) is 11.3 Å². The van der Waals surface area contributed by atoms with Crippen LogP contribution in [-0.4, -0.2) is 35.3 Å². The van der Waals surface area contributed by atoms with E-state index in [1.54, 1.807) is 17.5 Å².